The van der Waals surface area contributed by atoms with Crippen LogP contribution in [0.5, 0.6) is 0 Å². The number of nitrogen functional groups attached to an aromatic ring is 1. The van der Waals surface area contributed by atoms with E-state index in [9.17, 15) is 4.79 Å². The molecule has 0 fully saturated rings. The highest BCUT2D eigenvalue weighted by atomic mass is 35.5. The van der Waals surface area contributed by atoms with E-state index in [4.69, 9.17) is 22.1 Å². The van der Waals surface area contributed by atoms with Gasteiger partial charge in [-0.2, -0.15) is 0 Å². The van der Waals surface area contributed by atoms with Crippen molar-refractivity contribution in [1.82, 2.24) is 0 Å². The first-order valence-corrected chi connectivity index (χ1v) is 6.22. The summed E-state index contributed by atoms with van der Waals surface area (Å²) in [7, 11) is 0. The lowest BCUT2D eigenvalue weighted by Gasteiger charge is -2.08. The van der Waals surface area contributed by atoms with E-state index < -0.39 is 0 Å². The Bertz CT molecular complexity index is 382. The summed E-state index contributed by atoms with van der Waals surface area (Å²) in [6.07, 6.45) is -0.0928. The van der Waals surface area contributed by atoms with E-state index in [2.05, 4.69) is 0 Å². The fourth-order valence-corrected chi connectivity index (χ4v) is 2.09. The van der Waals surface area contributed by atoms with Crippen LogP contribution in [0, 0.1) is 0 Å². The van der Waals surface area contributed by atoms with Crippen LogP contribution in [0.15, 0.2) is 23.1 Å². The summed E-state index contributed by atoms with van der Waals surface area (Å²) in [5.74, 6) is -0.0118. The average Bonchev–Trinajstić information content (AvgIpc) is 2.18. The molecule has 0 atom stereocenters. The molecule has 5 heteroatoms. The molecule has 2 N–H and O–H groups in total. The van der Waals surface area contributed by atoms with Crippen LogP contribution in [-0.2, 0) is 9.53 Å². The summed E-state index contributed by atoms with van der Waals surface area (Å²) < 4.78 is 5.01. The summed E-state index contributed by atoms with van der Waals surface area (Å²) in [6.45, 7) is 3.63. The van der Waals surface area contributed by atoms with Crippen molar-refractivity contribution >= 4 is 35.0 Å². The van der Waals surface area contributed by atoms with Crippen LogP contribution in [0.3, 0.4) is 0 Å². The molecule has 0 aliphatic rings. The Kier molecular flexibility index (Phi) is 4.96. The zero-order valence-corrected chi connectivity index (χ0v) is 10.8. The number of ether oxygens (including phenoxy) is 1. The third kappa shape index (κ3) is 4.33. The number of hydrogen-bond acceptors (Lipinski definition) is 4. The lowest BCUT2D eigenvalue weighted by molar-refractivity contribution is -0.144. The molecule has 88 valence electrons. The van der Waals surface area contributed by atoms with Crippen LogP contribution in [-0.4, -0.2) is 17.8 Å². The number of esters is 1. The van der Waals surface area contributed by atoms with Gasteiger partial charge in [0.15, 0.2) is 0 Å². The highest BCUT2D eigenvalue weighted by Crippen LogP contribution is 2.28. The summed E-state index contributed by atoms with van der Waals surface area (Å²) in [5, 5.41) is 0.605. The minimum atomic E-state index is -0.251. The maximum Gasteiger partial charge on any atom is 0.316 e. The van der Waals surface area contributed by atoms with Crippen molar-refractivity contribution in [2.24, 2.45) is 0 Å². The van der Waals surface area contributed by atoms with E-state index in [0.717, 1.165) is 4.90 Å². The smallest absolute Gasteiger partial charge is 0.316 e. The third-order valence-electron chi connectivity index (χ3n) is 1.69. The molecule has 0 bridgehead atoms. The molecule has 0 radical (unpaired) electrons. The fourth-order valence-electron chi connectivity index (χ4n) is 1.07. The SMILES string of the molecule is CC(C)OC(=O)CSc1cc(Cl)ccc1N. The number of thioether (sulfide) groups is 1. The molecule has 1 aromatic carbocycles. The standard InChI is InChI=1S/C11H14ClNO2S/c1-7(2)15-11(14)6-16-10-5-8(12)3-4-9(10)13/h3-5,7H,6,13H2,1-2H3. The molecule has 0 unspecified atom stereocenters. The molecule has 1 aromatic rings. The molecule has 0 amide bonds. The van der Waals surface area contributed by atoms with Crippen LogP contribution in [0.4, 0.5) is 5.69 Å². The first kappa shape index (κ1) is 13.2. The van der Waals surface area contributed by atoms with Gasteiger partial charge in [-0.05, 0) is 32.0 Å². The van der Waals surface area contributed by atoms with Crippen molar-refractivity contribution in [3.05, 3.63) is 23.2 Å². The van der Waals surface area contributed by atoms with Gasteiger partial charge in [-0.3, -0.25) is 4.79 Å². The lowest BCUT2D eigenvalue weighted by atomic mass is 10.3. The van der Waals surface area contributed by atoms with Crippen molar-refractivity contribution < 1.29 is 9.53 Å². The number of halogens is 1. The Labute approximate surface area is 104 Å². The molecule has 0 aromatic heterocycles. The van der Waals surface area contributed by atoms with Crippen LogP contribution in [0.1, 0.15) is 13.8 Å². The molecule has 0 saturated heterocycles. The Hall–Kier alpha value is -0.870. The van der Waals surface area contributed by atoms with Gasteiger partial charge in [0.2, 0.25) is 0 Å². The van der Waals surface area contributed by atoms with Crippen molar-refractivity contribution in [2.75, 3.05) is 11.5 Å². The zero-order chi connectivity index (χ0) is 12.1. The highest BCUT2D eigenvalue weighted by molar-refractivity contribution is 8.00. The number of carbonyl (C=O) groups is 1. The predicted octanol–water partition coefficient (Wildman–Crippen LogP) is 2.97. The molecule has 1 rings (SSSR count). The van der Waals surface area contributed by atoms with Gasteiger partial charge >= 0.3 is 5.97 Å². The minimum Gasteiger partial charge on any atom is -0.462 e. The first-order valence-electron chi connectivity index (χ1n) is 4.86. The van der Waals surface area contributed by atoms with Gasteiger partial charge in [-0.25, -0.2) is 0 Å². The second-order valence-corrected chi connectivity index (χ2v) is 4.96. The molecule has 0 saturated carbocycles. The average molecular weight is 260 g/mol. The van der Waals surface area contributed by atoms with Gasteiger partial charge in [-0.15, -0.1) is 11.8 Å². The van der Waals surface area contributed by atoms with Crippen molar-refractivity contribution in [3.63, 3.8) is 0 Å². The molecule has 0 aliphatic carbocycles. The topological polar surface area (TPSA) is 52.3 Å². The Morgan fingerprint density at radius 3 is 2.88 bits per heavy atom. The largest absolute Gasteiger partial charge is 0.462 e. The van der Waals surface area contributed by atoms with Crippen LogP contribution in [0.2, 0.25) is 5.02 Å². The number of nitrogens with two attached hydrogens (primary N) is 1. The highest BCUT2D eigenvalue weighted by Gasteiger charge is 2.08. The second kappa shape index (κ2) is 6.01. The van der Waals surface area contributed by atoms with Gasteiger partial charge in [0.1, 0.15) is 0 Å². The van der Waals surface area contributed by atoms with Crippen molar-refractivity contribution in [2.45, 2.75) is 24.8 Å². The summed E-state index contributed by atoms with van der Waals surface area (Å²) in [4.78, 5) is 12.1. The first-order chi connectivity index (χ1) is 7.49. The number of carbonyl (C=O) groups excluding carboxylic acids is 1. The number of benzene rings is 1. The molecule has 3 nitrogen and oxygen atoms in total. The molecule has 0 heterocycles. The van der Waals surface area contributed by atoms with Crippen LogP contribution < -0.4 is 5.73 Å². The van der Waals surface area contributed by atoms with E-state index in [1.54, 1.807) is 18.2 Å². The van der Waals surface area contributed by atoms with Gasteiger partial charge in [-0.1, -0.05) is 11.6 Å². The number of hydrogen-bond donors (Lipinski definition) is 1. The van der Waals surface area contributed by atoms with Crippen LogP contribution >= 0.6 is 23.4 Å². The van der Waals surface area contributed by atoms with Gasteiger partial charge < -0.3 is 10.5 Å². The number of anilines is 1. The second-order valence-electron chi connectivity index (χ2n) is 3.51. The maximum absolute atomic E-state index is 11.3. The molecule has 16 heavy (non-hydrogen) atoms. The Morgan fingerprint density at radius 2 is 2.25 bits per heavy atom. The van der Waals surface area contributed by atoms with E-state index in [1.165, 1.54) is 11.8 Å². The van der Waals surface area contributed by atoms with Crippen molar-refractivity contribution in [1.29, 1.82) is 0 Å². The maximum atomic E-state index is 11.3. The van der Waals surface area contributed by atoms with E-state index in [-0.39, 0.29) is 17.8 Å². The van der Waals surface area contributed by atoms with Gasteiger partial charge in [0, 0.05) is 15.6 Å². The number of rotatable bonds is 4. The monoisotopic (exact) mass is 259 g/mol. The summed E-state index contributed by atoms with van der Waals surface area (Å²) in [5.41, 5.74) is 6.36. The van der Waals surface area contributed by atoms with E-state index in [0.29, 0.717) is 10.7 Å². The van der Waals surface area contributed by atoms with Crippen molar-refractivity contribution in [3.8, 4) is 0 Å². The Morgan fingerprint density at radius 1 is 1.56 bits per heavy atom. The normalized spacial score (nSPS) is 10.5. The molecular formula is C11H14ClNO2S. The Balaban J connectivity index is 2.54. The quantitative estimate of drug-likeness (QED) is 0.513. The predicted molar refractivity (Wildman–Crippen MR) is 67.8 cm³/mol. The molecule has 0 aliphatic heterocycles. The summed E-state index contributed by atoms with van der Waals surface area (Å²) >= 11 is 7.16. The lowest BCUT2D eigenvalue weighted by Crippen LogP contribution is -2.13. The zero-order valence-electron chi connectivity index (χ0n) is 9.20. The van der Waals surface area contributed by atoms with Gasteiger partial charge in [0.05, 0.1) is 11.9 Å². The fraction of sp³-hybridized carbons (Fsp3) is 0.364. The molecule has 0 spiro atoms. The summed E-state index contributed by atoms with van der Waals surface area (Å²) in [6, 6.07) is 5.18. The van der Waals surface area contributed by atoms with Crippen LogP contribution in [0.25, 0.3) is 0 Å². The van der Waals surface area contributed by atoms with Gasteiger partial charge in [0.25, 0.3) is 0 Å². The third-order valence-corrected chi connectivity index (χ3v) is 2.97. The van der Waals surface area contributed by atoms with E-state index >= 15 is 0 Å². The molecular weight excluding hydrogens is 246 g/mol. The van der Waals surface area contributed by atoms with E-state index in [1.807, 2.05) is 13.8 Å². The minimum absolute atomic E-state index is 0.0928.